The van der Waals surface area contributed by atoms with Crippen molar-refractivity contribution in [2.24, 2.45) is 0 Å². The van der Waals surface area contributed by atoms with Gasteiger partial charge in [-0.25, -0.2) is 0 Å². The van der Waals surface area contributed by atoms with Gasteiger partial charge in [-0.15, -0.1) is 0 Å². The first kappa shape index (κ1) is 10.9. The second-order valence-corrected chi connectivity index (χ2v) is 3.89. The van der Waals surface area contributed by atoms with Crippen LogP contribution >= 0.6 is 0 Å². The SMILES string of the molecule is C=C(CCCOCC1CO1)CO[SiH3]. The van der Waals surface area contributed by atoms with Crippen molar-refractivity contribution in [1.29, 1.82) is 0 Å². The first-order chi connectivity index (χ1) is 6.33. The van der Waals surface area contributed by atoms with Crippen LogP contribution in [0.2, 0.25) is 0 Å². The van der Waals surface area contributed by atoms with Gasteiger partial charge >= 0.3 is 0 Å². The van der Waals surface area contributed by atoms with Gasteiger partial charge in [-0.3, -0.25) is 0 Å². The molecule has 1 heterocycles. The standard InChI is InChI=1S/C9H18O3Si/c1-8(5-12-13)3-2-4-10-6-9-7-11-9/h9H,1-7H2,13H3. The van der Waals surface area contributed by atoms with Crippen LogP contribution in [0.25, 0.3) is 0 Å². The summed E-state index contributed by atoms with van der Waals surface area (Å²) in [6.07, 6.45) is 2.43. The van der Waals surface area contributed by atoms with Crippen molar-refractivity contribution in [3.63, 3.8) is 0 Å². The summed E-state index contributed by atoms with van der Waals surface area (Å²) in [6, 6.07) is 0. The van der Waals surface area contributed by atoms with Crippen LogP contribution in [0.4, 0.5) is 0 Å². The van der Waals surface area contributed by atoms with Gasteiger partial charge in [0.15, 0.2) is 0 Å². The second kappa shape index (κ2) is 6.31. The fourth-order valence-corrected chi connectivity index (χ4v) is 1.49. The molecule has 0 radical (unpaired) electrons. The fourth-order valence-electron chi connectivity index (χ4n) is 1.08. The van der Waals surface area contributed by atoms with Crippen molar-refractivity contribution < 1.29 is 13.9 Å². The molecule has 1 rings (SSSR count). The van der Waals surface area contributed by atoms with Gasteiger partial charge in [0.25, 0.3) is 0 Å². The van der Waals surface area contributed by atoms with E-state index < -0.39 is 0 Å². The average molecular weight is 202 g/mol. The largest absolute Gasteiger partial charge is 0.424 e. The lowest BCUT2D eigenvalue weighted by Gasteiger charge is -2.04. The molecule has 0 bridgehead atoms. The van der Waals surface area contributed by atoms with Crippen LogP contribution in [0.5, 0.6) is 0 Å². The van der Waals surface area contributed by atoms with Crippen LogP contribution in [0, 0.1) is 0 Å². The predicted molar refractivity (Wildman–Crippen MR) is 54.8 cm³/mol. The molecule has 4 heteroatoms. The van der Waals surface area contributed by atoms with Crippen molar-refractivity contribution in [1.82, 2.24) is 0 Å². The van der Waals surface area contributed by atoms with E-state index in [4.69, 9.17) is 13.9 Å². The topological polar surface area (TPSA) is 31.0 Å². The van der Waals surface area contributed by atoms with E-state index in [1.165, 1.54) is 5.57 Å². The summed E-state index contributed by atoms with van der Waals surface area (Å²) in [7, 11) is 0.794. The molecule has 1 atom stereocenters. The highest BCUT2D eigenvalue weighted by atomic mass is 28.2. The Morgan fingerprint density at radius 3 is 3.00 bits per heavy atom. The molecule has 0 saturated carbocycles. The van der Waals surface area contributed by atoms with E-state index in [-0.39, 0.29) is 0 Å². The highest BCUT2D eigenvalue weighted by Crippen LogP contribution is 2.09. The number of epoxide rings is 1. The fraction of sp³-hybridized carbons (Fsp3) is 0.778. The number of hydrogen-bond acceptors (Lipinski definition) is 3. The zero-order chi connectivity index (χ0) is 9.52. The molecule has 1 aliphatic rings. The third kappa shape index (κ3) is 5.98. The molecule has 1 aliphatic heterocycles. The minimum Gasteiger partial charge on any atom is -0.424 e. The second-order valence-electron chi connectivity index (χ2n) is 3.32. The van der Waals surface area contributed by atoms with Gasteiger partial charge in [0, 0.05) is 6.61 Å². The number of ether oxygens (including phenoxy) is 2. The molecule has 0 aromatic rings. The molecule has 0 N–H and O–H groups in total. The molecule has 0 aromatic heterocycles. The zero-order valence-electron chi connectivity index (χ0n) is 8.25. The maximum Gasteiger partial charge on any atom is 0.146 e. The van der Waals surface area contributed by atoms with E-state index in [2.05, 4.69) is 6.58 Å². The van der Waals surface area contributed by atoms with E-state index >= 15 is 0 Å². The van der Waals surface area contributed by atoms with E-state index in [1.807, 2.05) is 0 Å². The third-order valence-electron chi connectivity index (χ3n) is 1.87. The van der Waals surface area contributed by atoms with Gasteiger partial charge in [-0.05, 0) is 12.8 Å². The molecular formula is C9H18O3Si. The zero-order valence-corrected chi connectivity index (χ0v) is 10.3. The predicted octanol–water partition coefficient (Wildman–Crippen LogP) is 0.0352. The van der Waals surface area contributed by atoms with Crippen LogP contribution in [0.1, 0.15) is 12.8 Å². The highest BCUT2D eigenvalue weighted by Gasteiger charge is 2.21. The first-order valence-corrected chi connectivity index (χ1v) is 5.49. The Morgan fingerprint density at radius 1 is 1.62 bits per heavy atom. The monoisotopic (exact) mass is 202 g/mol. The summed E-state index contributed by atoms with van der Waals surface area (Å²) < 4.78 is 15.5. The molecule has 1 saturated heterocycles. The summed E-state index contributed by atoms with van der Waals surface area (Å²) in [6.45, 7) is 7.06. The normalized spacial score (nSPS) is 20.5. The Kier molecular flexibility index (Phi) is 5.30. The molecule has 1 fully saturated rings. The highest BCUT2D eigenvalue weighted by molar-refractivity contribution is 5.98. The van der Waals surface area contributed by atoms with E-state index in [1.54, 1.807) is 0 Å². The Hall–Kier alpha value is -0.163. The Morgan fingerprint density at radius 2 is 2.38 bits per heavy atom. The summed E-state index contributed by atoms with van der Waals surface area (Å²) in [5, 5.41) is 0. The molecule has 0 amide bonds. The van der Waals surface area contributed by atoms with Crippen LogP contribution in [-0.4, -0.2) is 43.0 Å². The van der Waals surface area contributed by atoms with E-state index in [0.717, 1.165) is 49.8 Å². The third-order valence-corrected chi connectivity index (χ3v) is 2.16. The average Bonchev–Trinajstić information content (AvgIpc) is 2.88. The van der Waals surface area contributed by atoms with Gasteiger partial charge in [0.2, 0.25) is 0 Å². The summed E-state index contributed by atoms with van der Waals surface area (Å²) >= 11 is 0. The molecule has 0 aliphatic carbocycles. The lowest BCUT2D eigenvalue weighted by atomic mass is 10.2. The van der Waals surface area contributed by atoms with Crippen molar-refractivity contribution in [2.45, 2.75) is 18.9 Å². The van der Waals surface area contributed by atoms with Crippen LogP contribution < -0.4 is 0 Å². The minimum absolute atomic E-state index is 0.383. The minimum atomic E-state index is 0.383. The van der Waals surface area contributed by atoms with Gasteiger partial charge in [-0.2, -0.15) is 0 Å². The smallest absolute Gasteiger partial charge is 0.146 e. The maximum atomic E-state index is 5.39. The van der Waals surface area contributed by atoms with Gasteiger partial charge in [-0.1, -0.05) is 12.2 Å². The van der Waals surface area contributed by atoms with E-state index in [0.29, 0.717) is 6.10 Å². The lowest BCUT2D eigenvalue weighted by Crippen LogP contribution is -2.03. The molecule has 0 spiro atoms. The van der Waals surface area contributed by atoms with Crippen molar-refractivity contribution >= 4 is 10.5 Å². The molecular weight excluding hydrogens is 184 g/mol. The lowest BCUT2D eigenvalue weighted by molar-refractivity contribution is 0.114. The van der Waals surface area contributed by atoms with Gasteiger partial charge in [0.05, 0.1) is 19.8 Å². The Bertz CT molecular complexity index is 157. The van der Waals surface area contributed by atoms with Crippen molar-refractivity contribution in [3.05, 3.63) is 12.2 Å². The van der Waals surface area contributed by atoms with Crippen LogP contribution in [0.15, 0.2) is 12.2 Å². The van der Waals surface area contributed by atoms with Crippen LogP contribution in [0.3, 0.4) is 0 Å². The first-order valence-electron chi connectivity index (χ1n) is 4.68. The Labute approximate surface area is 82.6 Å². The molecule has 76 valence electrons. The van der Waals surface area contributed by atoms with Crippen molar-refractivity contribution in [3.8, 4) is 0 Å². The van der Waals surface area contributed by atoms with Gasteiger partial charge < -0.3 is 13.9 Å². The Balaban J connectivity index is 1.79. The number of rotatable bonds is 8. The molecule has 0 aromatic carbocycles. The van der Waals surface area contributed by atoms with E-state index in [9.17, 15) is 0 Å². The quantitative estimate of drug-likeness (QED) is 0.241. The summed E-state index contributed by atoms with van der Waals surface area (Å²) in [5.41, 5.74) is 1.17. The summed E-state index contributed by atoms with van der Waals surface area (Å²) in [5.74, 6) is 0. The van der Waals surface area contributed by atoms with Crippen molar-refractivity contribution in [2.75, 3.05) is 26.4 Å². The maximum absolute atomic E-state index is 5.39. The molecule has 13 heavy (non-hydrogen) atoms. The molecule has 3 nitrogen and oxygen atoms in total. The number of hydrogen-bond donors (Lipinski definition) is 0. The molecule has 1 unspecified atom stereocenters. The summed E-state index contributed by atoms with van der Waals surface area (Å²) in [4.78, 5) is 0. The van der Waals surface area contributed by atoms with Gasteiger partial charge in [0.1, 0.15) is 16.6 Å². The van der Waals surface area contributed by atoms with Crippen LogP contribution in [-0.2, 0) is 13.9 Å².